The molecule has 0 saturated heterocycles. The minimum absolute atomic E-state index is 0.108. The maximum absolute atomic E-state index is 11.3. The van der Waals surface area contributed by atoms with E-state index in [1.807, 2.05) is 6.92 Å². The average Bonchev–Trinajstić information content (AvgIpc) is 2.42. The van der Waals surface area contributed by atoms with E-state index in [1.165, 1.54) is 11.8 Å². The Labute approximate surface area is 129 Å². The highest BCUT2D eigenvalue weighted by molar-refractivity contribution is 7.99. The molecule has 0 unspecified atom stereocenters. The molecule has 0 amide bonds. The van der Waals surface area contributed by atoms with Crippen LogP contribution in [0.3, 0.4) is 0 Å². The van der Waals surface area contributed by atoms with E-state index in [1.54, 1.807) is 0 Å². The molecule has 21 heavy (non-hydrogen) atoms. The summed E-state index contributed by atoms with van der Waals surface area (Å²) >= 11 is 1.43. The Hall–Kier alpha value is -1.24. The van der Waals surface area contributed by atoms with Crippen molar-refractivity contribution in [3.05, 3.63) is 0 Å². The third kappa shape index (κ3) is 15.0. The number of aliphatic carboxylic acids is 1. The first-order valence-electron chi connectivity index (χ1n) is 7.17. The van der Waals surface area contributed by atoms with Crippen LogP contribution in [0, 0.1) is 0 Å². The summed E-state index contributed by atoms with van der Waals surface area (Å²) < 4.78 is 9.99. The molecule has 122 valence electrons. The van der Waals surface area contributed by atoms with Crippen LogP contribution in [0.15, 0.2) is 0 Å². The quantitative estimate of drug-likeness (QED) is 0.411. The number of hydrogen-bond acceptors (Lipinski definition) is 6. The van der Waals surface area contributed by atoms with Gasteiger partial charge in [-0.15, -0.1) is 0 Å². The van der Waals surface area contributed by atoms with Crippen LogP contribution in [0.1, 0.15) is 45.4 Å². The average molecular weight is 320 g/mol. The highest BCUT2D eigenvalue weighted by Crippen LogP contribution is 2.05. The lowest BCUT2D eigenvalue weighted by Crippen LogP contribution is -2.09. The lowest BCUT2D eigenvalue weighted by Gasteiger charge is -2.05. The van der Waals surface area contributed by atoms with Crippen molar-refractivity contribution in [1.82, 2.24) is 0 Å². The molecule has 0 radical (unpaired) electrons. The predicted molar refractivity (Wildman–Crippen MR) is 80.3 cm³/mol. The molecule has 0 rings (SSSR count). The van der Waals surface area contributed by atoms with Crippen molar-refractivity contribution in [2.45, 2.75) is 45.4 Å². The zero-order valence-corrected chi connectivity index (χ0v) is 13.3. The SMILES string of the molecule is CCCC(=O)OCCCCOC(=O)CCSCCC(=O)O. The normalized spacial score (nSPS) is 10.1. The summed E-state index contributed by atoms with van der Waals surface area (Å²) in [7, 11) is 0. The van der Waals surface area contributed by atoms with Gasteiger partial charge in [-0.2, -0.15) is 11.8 Å². The van der Waals surface area contributed by atoms with Gasteiger partial charge in [-0.25, -0.2) is 0 Å². The van der Waals surface area contributed by atoms with Gasteiger partial charge < -0.3 is 14.6 Å². The second kappa shape index (κ2) is 13.7. The predicted octanol–water partition coefficient (Wildman–Crippen LogP) is 2.25. The number of carbonyl (C=O) groups excluding carboxylic acids is 2. The van der Waals surface area contributed by atoms with Crippen LogP contribution < -0.4 is 0 Å². The van der Waals surface area contributed by atoms with Gasteiger partial charge in [0, 0.05) is 17.9 Å². The third-order valence-corrected chi connectivity index (χ3v) is 3.42. The number of unbranched alkanes of at least 4 members (excludes halogenated alkanes) is 1. The Morgan fingerprint density at radius 1 is 0.905 bits per heavy atom. The zero-order chi connectivity index (χ0) is 15.9. The van der Waals surface area contributed by atoms with Crippen molar-refractivity contribution < 1.29 is 29.0 Å². The second-order valence-corrected chi connectivity index (χ2v) is 5.63. The lowest BCUT2D eigenvalue weighted by atomic mass is 10.3. The topological polar surface area (TPSA) is 89.9 Å². The van der Waals surface area contributed by atoms with Gasteiger partial charge in [0.05, 0.1) is 26.1 Å². The van der Waals surface area contributed by atoms with Crippen molar-refractivity contribution in [1.29, 1.82) is 0 Å². The van der Waals surface area contributed by atoms with Gasteiger partial charge in [0.2, 0.25) is 0 Å². The summed E-state index contributed by atoms with van der Waals surface area (Å²) in [6.45, 7) is 2.60. The highest BCUT2D eigenvalue weighted by atomic mass is 32.2. The van der Waals surface area contributed by atoms with E-state index in [0.717, 1.165) is 6.42 Å². The molecular weight excluding hydrogens is 296 g/mol. The van der Waals surface area contributed by atoms with Gasteiger partial charge in [0.25, 0.3) is 0 Å². The van der Waals surface area contributed by atoms with Crippen molar-refractivity contribution in [2.24, 2.45) is 0 Å². The summed E-state index contributed by atoms with van der Waals surface area (Å²) in [6.07, 6.45) is 2.95. The maximum Gasteiger partial charge on any atom is 0.306 e. The van der Waals surface area contributed by atoms with Crippen LogP contribution in [-0.2, 0) is 23.9 Å². The largest absolute Gasteiger partial charge is 0.481 e. The summed E-state index contributed by atoms with van der Waals surface area (Å²) in [4.78, 5) is 32.6. The highest BCUT2D eigenvalue weighted by Gasteiger charge is 2.04. The number of rotatable bonds is 13. The molecule has 0 fully saturated rings. The minimum atomic E-state index is -0.829. The Kier molecular flexibility index (Phi) is 12.9. The second-order valence-electron chi connectivity index (χ2n) is 4.40. The minimum Gasteiger partial charge on any atom is -0.481 e. The van der Waals surface area contributed by atoms with Crippen molar-refractivity contribution >= 4 is 29.7 Å². The van der Waals surface area contributed by atoms with Crippen LogP contribution in [0.5, 0.6) is 0 Å². The summed E-state index contributed by atoms with van der Waals surface area (Å²) in [5.41, 5.74) is 0. The fourth-order valence-corrected chi connectivity index (χ4v) is 2.18. The van der Waals surface area contributed by atoms with Crippen LogP contribution >= 0.6 is 11.8 Å². The van der Waals surface area contributed by atoms with Crippen LogP contribution in [0.2, 0.25) is 0 Å². The summed E-state index contributed by atoms with van der Waals surface area (Å²) in [5.74, 6) is -0.217. The van der Waals surface area contributed by atoms with E-state index in [-0.39, 0.29) is 24.8 Å². The molecule has 1 N–H and O–H groups in total. The summed E-state index contributed by atoms with van der Waals surface area (Å²) in [5, 5.41) is 8.44. The first-order valence-corrected chi connectivity index (χ1v) is 8.32. The van der Waals surface area contributed by atoms with Gasteiger partial charge in [-0.1, -0.05) is 6.92 Å². The molecule has 0 aromatic heterocycles. The van der Waals surface area contributed by atoms with Crippen LogP contribution in [-0.4, -0.2) is 47.7 Å². The summed E-state index contributed by atoms with van der Waals surface area (Å²) in [6, 6.07) is 0. The van der Waals surface area contributed by atoms with E-state index >= 15 is 0 Å². The molecule has 0 spiro atoms. The van der Waals surface area contributed by atoms with Crippen molar-refractivity contribution in [3.63, 3.8) is 0 Å². The van der Waals surface area contributed by atoms with E-state index in [4.69, 9.17) is 14.6 Å². The fourth-order valence-electron chi connectivity index (χ4n) is 1.34. The number of hydrogen-bond donors (Lipinski definition) is 1. The Morgan fingerprint density at radius 3 is 1.95 bits per heavy atom. The Bertz CT molecular complexity index is 319. The number of thioether (sulfide) groups is 1. The molecule has 0 aromatic carbocycles. The molecule has 0 saturated carbocycles. The molecule has 0 aliphatic carbocycles. The number of esters is 2. The standard InChI is InChI=1S/C14H24O6S/c1-2-5-13(17)19-8-3-4-9-20-14(18)7-11-21-10-6-12(15)16/h2-11H2,1H3,(H,15,16). The molecule has 0 aliphatic heterocycles. The van der Waals surface area contributed by atoms with Crippen molar-refractivity contribution in [2.75, 3.05) is 24.7 Å². The Balaban J connectivity index is 3.30. The molecule has 0 aliphatic rings. The van der Waals surface area contributed by atoms with Gasteiger partial charge in [-0.05, 0) is 19.3 Å². The molecule has 6 nitrogen and oxygen atoms in total. The first-order chi connectivity index (χ1) is 10.1. The maximum atomic E-state index is 11.3. The first kappa shape index (κ1) is 19.8. The number of carboxylic acids is 1. The molecule has 0 atom stereocenters. The van der Waals surface area contributed by atoms with Crippen LogP contribution in [0.25, 0.3) is 0 Å². The van der Waals surface area contributed by atoms with Crippen LogP contribution in [0.4, 0.5) is 0 Å². The van der Waals surface area contributed by atoms with Crippen molar-refractivity contribution in [3.8, 4) is 0 Å². The number of carboxylic acid groups (broad SMARTS) is 1. The van der Waals surface area contributed by atoms with Gasteiger partial charge >= 0.3 is 17.9 Å². The smallest absolute Gasteiger partial charge is 0.306 e. The molecular formula is C14H24O6S. The molecule has 7 heteroatoms. The van der Waals surface area contributed by atoms with E-state index in [9.17, 15) is 14.4 Å². The van der Waals surface area contributed by atoms with Gasteiger partial charge in [-0.3, -0.25) is 14.4 Å². The molecule has 0 aromatic rings. The zero-order valence-electron chi connectivity index (χ0n) is 12.5. The molecule has 0 heterocycles. The van der Waals surface area contributed by atoms with E-state index in [0.29, 0.717) is 44.0 Å². The Morgan fingerprint density at radius 2 is 1.43 bits per heavy atom. The third-order valence-electron chi connectivity index (χ3n) is 2.43. The lowest BCUT2D eigenvalue weighted by molar-refractivity contribution is -0.146. The number of carbonyl (C=O) groups is 3. The van der Waals surface area contributed by atoms with E-state index in [2.05, 4.69) is 0 Å². The molecule has 0 bridgehead atoms. The number of ether oxygens (including phenoxy) is 2. The van der Waals surface area contributed by atoms with E-state index < -0.39 is 5.97 Å². The fraction of sp³-hybridized carbons (Fsp3) is 0.786. The van der Waals surface area contributed by atoms with Gasteiger partial charge in [0.15, 0.2) is 0 Å². The van der Waals surface area contributed by atoms with Gasteiger partial charge in [0.1, 0.15) is 0 Å². The monoisotopic (exact) mass is 320 g/mol.